The van der Waals surface area contributed by atoms with Gasteiger partial charge in [0, 0.05) is 26.2 Å². The van der Waals surface area contributed by atoms with E-state index in [1.54, 1.807) is 12.1 Å². The van der Waals surface area contributed by atoms with Crippen LogP contribution in [0.1, 0.15) is 0 Å². The molecular weight excluding hydrogens is 309 g/mol. The lowest BCUT2D eigenvalue weighted by Gasteiger charge is -2.33. The third-order valence-corrected chi connectivity index (χ3v) is 4.76. The van der Waals surface area contributed by atoms with Gasteiger partial charge >= 0.3 is 0 Å². The number of anilines is 1. The van der Waals surface area contributed by atoms with Crippen molar-refractivity contribution in [2.45, 2.75) is 0 Å². The van der Waals surface area contributed by atoms with Crippen molar-refractivity contribution in [1.82, 2.24) is 9.80 Å². The molecule has 1 aliphatic heterocycles. The number of rotatable bonds is 3. The van der Waals surface area contributed by atoms with Crippen LogP contribution in [0.4, 0.5) is 10.1 Å². The smallest absolute Gasteiger partial charge is 0.234 e. The number of hydrogen-bond acceptors (Lipinski definition) is 4. The largest absolute Gasteiger partial charge is 0.355 e. The van der Waals surface area contributed by atoms with E-state index in [1.165, 1.54) is 23.9 Å². The molecule has 1 aromatic rings. The number of hydrogen-bond donors (Lipinski definition) is 1. The minimum absolute atomic E-state index is 0.194. The number of piperazine rings is 1. The summed E-state index contributed by atoms with van der Waals surface area (Å²) in [6.07, 6.45) is 0. The first-order chi connectivity index (χ1) is 10.1. The lowest BCUT2D eigenvalue weighted by atomic mass is 10.3. The van der Waals surface area contributed by atoms with Gasteiger partial charge < -0.3 is 15.1 Å². The number of thiocarbonyl (C=S) groups is 1. The molecule has 0 bridgehead atoms. The van der Waals surface area contributed by atoms with Crippen LogP contribution in [-0.4, -0.2) is 59.0 Å². The van der Waals surface area contributed by atoms with Crippen LogP contribution in [-0.2, 0) is 4.79 Å². The van der Waals surface area contributed by atoms with E-state index >= 15 is 0 Å². The number of likely N-dealkylation sites (N-methyl/N-ethyl adjacent to an activating group) is 1. The lowest BCUT2D eigenvalue weighted by molar-refractivity contribution is -0.113. The number of nitrogens with zero attached hydrogens (tertiary/aromatic N) is 2. The van der Waals surface area contributed by atoms with E-state index in [2.05, 4.69) is 22.2 Å². The van der Waals surface area contributed by atoms with E-state index in [9.17, 15) is 9.18 Å². The second-order valence-corrected chi connectivity index (χ2v) is 6.48. The second kappa shape index (κ2) is 7.72. The molecule has 4 nitrogen and oxygen atoms in total. The van der Waals surface area contributed by atoms with Gasteiger partial charge in [-0.15, -0.1) is 0 Å². The highest BCUT2D eigenvalue weighted by atomic mass is 32.2. The summed E-state index contributed by atoms with van der Waals surface area (Å²) in [6, 6.07) is 6.12. The summed E-state index contributed by atoms with van der Waals surface area (Å²) in [6.45, 7) is 3.72. The van der Waals surface area contributed by atoms with Crippen LogP contribution in [0.15, 0.2) is 24.3 Å². The first-order valence-corrected chi connectivity index (χ1v) is 8.10. The van der Waals surface area contributed by atoms with Crippen LogP contribution in [0.5, 0.6) is 0 Å². The number of benzene rings is 1. The first kappa shape index (κ1) is 16.2. The van der Waals surface area contributed by atoms with Gasteiger partial charge in [0.1, 0.15) is 10.1 Å². The van der Waals surface area contributed by atoms with E-state index in [0.29, 0.717) is 0 Å². The SMILES string of the molecule is CN1CCN(C(=S)SCC(=O)Nc2ccccc2F)CC1. The van der Waals surface area contributed by atoms with Crippen LogP contribution >= 0.6 is 24.0 Å². The molecule has 0 aromatic heterocycles. The molecule has 114 valence electrons. The van der Waals surface area contributed by atoms with Gasteiger partial charge in [-0.3, -0.25) is 4.79 Å². The van der Waals surface area contributed by atoms with E-state index in [0.717, 1.165) is 30.5 Å². The van der Waals surface area contributed by atoms with Gasteiger partial charge in [0.2, 0.25) is 5.91 Å². The number of thioether (sulfide) groups is 1. The molecule has 0 spiro atoms. The van der Waals surface area contributed by atoms with E-state index in [1.807, 2.05) is 0 Å². The van der Waals surface area contributed by atoms with Crippen molar-refractivity contribution in [3.05, 3.63) is 30.1 Å². The Hall–Kier alpha value is -1.18. The zero-order valence-corrected chi connectivity index (χ0v) is 13.5. The molecule has 0 unspecified atom stereocenters. The minimum atomic E-state index is -0.433. The van der Waals surface area contributed by atoms with Gasteiger partial charge in [0.25, 0.3) is 0 Å². The molecule has 1 aromatic carbocycles. The van der Waals surface area contributed by atoms with Gasteiger partial charge in [-0.2, -0.15) is 0 Å². The van der Waals surface area contributed by atoms with Crippen molar-refractivity contribution >= 4 is 39.9 Å². The van der Waals surface area contributed by atoms with Gasteiger partial charge in [0.15, 0.2) is 0 Å². The number of para-hydroxylation sites is 1. The van der Waals surface area contributed by atoms with Crippen LogP contribution in [0, 0.1) is 5.82 Å². The van der Waals surface area contributed by atoms with Crippen molar-refractivity contribution in [2.24, 2.45) is 0 Å². The topological polar surface area (TPSA) is 35.6 Å². The summed E-state index contributed by atoms with van der Waals surface area (Å²) in [4.78, 5) is 16.2. The summed E-state index contributed by atoms with van der Waals surface area (Å²) >= 11 is 6.66. The van der Waals surface area contributed by atoms with Gasteiger partial charge in [-0.25, -0.2) is 4.39 Å². The molecule has 1 heterocycles. The van der Waals surface area contributed by atoms with Crippen LogP contribution < -0.4 is 5.32 Å². The van der Waals surface area contributed by atoms with Crippen LogP contribution in [0.3, 0.4) is 0 Å². The molecule has 0 atom stereocenters. The molecule has 7 heteroatoms. The Balaban J connectivity index is 1.76. The molecule has 1 amide bonds. The highest BCUT2D eigenvalue weighted by Gasteiger charge is 2.17. The second-order valence-electron chi connectivity index (χ2n) is 4.87. The third kappa shape index (κ3) is 4.94. The van der Waals surface area contributed by atoms with Gasteiger partial charge in [0.05, 0.1) is 11.4 Å². The summed E-state index contributed by atoms with van der Waals surface area (Å²) < 4.78 is 14.1. The van der Waals surface area contributed by atoms with E-state index in [-0.39, 0.29) is 17.3 Å². The van der Waals surface area contributed by atoms with Gasteiger partial charge in [-0.05, 0) is 19.2 Å². The molecule has 1 aliphatic rings. The fraction of sp³-hybridized carbons (Fsp3) is 0.429. The number of carbonyl (C=O) groups is 1. The number of halogens is 1. The molecule has 0 radical (unpaired) electrons. The Morgan fingerprint density at radius 3 is 2.67 bits per heavy atom. The number of nitrogens with one attached hydrogen (secondary N) is 1. The lowest BCUT2D eigenvalue weighted by Crippen LogP contribution is -2.46. The van der Waals surface area contributed by atoms with Crippen LogP contribution in [0.25, 0.3) is 0 Å². The Bertz CT molecular complexity index is 519. The Morgan fingerprint density at radius 1 is 1.33 bits per heavy atom. The molecule has 1 fully saturated rings. The Morgan fingerprint density at radius 2 is 2.00 bits per heavy atom. The molecule has 1 saturated heterocycles. The van der Waals surface area contributed by atoms with E-state index < -0.39 is 5.82 Å². The van der Waals surface area contributed by atoms with Crippen molar-refractivity contribution in [2.75, 3.05) is 44.3 Å². The minimum Gasteiger partial charge on any atom is -0.355 e. The van der Waals surface area contributed by atoms with Crippen molar-refractivity contribution in [3.8, 4) is 0 Å². The number of amides is 1. The van der Waals surface area contributed by atoms with E-state index in [4.69, 9.17) is 12.2 Å². The average molecular weight is 327 g/mol. The molecule has 1 N–H and O–H groups in total. The maximum atomic E-state index is 13.4. The maximum Gasteiger partial charge on any atom is 0.234 e. The van der Waals surface area contributed by atoms with Crippen LogP contribution in [0.2, 0.25) is 0 Å². The Labute approximate surface area is 133 Å². The molecule has 2 rings (SSSR count). The number of carbonyl (C=O) groups excluding carboxylic acids is 1. The maximum absolute atomic E-state index is 13.4. The predicted octanol–water partition coefficient (Wildman–Crippen LogP) is 2.03. The third-order valence-electron chi connectivity index (χ3n) is 3.24. The summed E-state index contributed by atoms with van der Waals surface area (Å²) in [5.74, 6) is -0.487. The summed E-state index contributed by atoms with van der Waals surface area (Å²) in [7, 11) is 2.08. The molecule has 0 saturated carbocycles. The fourth-order valence-corrected chi connectivity index (χ4v) is 3.01. The monoisotopic (exact) mass is 327 g/mol. The quantitative estimate of drug-likeness (QED) is 0.860. The summed E-state index contributed by atoms with van der Waals surface area (Å²) in [5, 5.41) is 2.55. The zero-order valence-electron chi connectivity index (χ0n) is 11.8. The normalized spacial score (nSPS) is 15.8. The van der Waals surface area contributed by atoms with Crippen molar-refractivity contribution < 1.29 is 9.18 Å². The highest BCUT2D eigenvalue weighted by Crippen LogP contribution is 2.15. The van der Waals surface area contributed by atoms with Crippen molar-refractivity contribution in [1.29, 1.82) is 0 Å². The predicted molar refractivity (Wildman–Crippen MR) is 89.2 cm³/mol. The molecule has 21 heavy (non-hydrogen) atoms. The molecule has 0 aliphatic carbocycles. The average Bonchev–Trinajstić information content (AvgIpc) is 2.48. The standard InChI is InChI=1S/C14H18FN3OS2/c1-17-6-8-18(9-7-17)14(20)21-10-13(19)16-12-5-3-2-4-11(12)15/h2-5H,6-10H2,1H3,(H,16,19). The first-order valence-electron chi connectivity index (χ1n) is 6.71. The highest BCUT2D eigenvalue weighted by molar-refractivity contribution is 8.23. The molecular formula is C14H18FN3OS2. The van der Waals surface area contributed by atoms with Gasteiger partial charge in [-0.1, -0.05) is 36.1 Å². The fourth-order valence-electron chi connectivity index (χ4n) is 1.96. The summed E-state index contributed by atoms with van der Waals surface area (Å²) in [5.41, 5.74) is 0.202. The zero-order chi connectivity index (χ0) is 15.2. The Kier molecular flexibility index (Phi) is 5.96. The van der Waals surface area contributed by atoms with Crippen molar-refractivity contribution in [3.63, 3.8) is 0 Å².